The van der Waals surface area contributed by atoms with Crippen molar-refractivity contribution in [2.75, 3.05) is 6.61 Å². The molecule has 33 heavy (non-hydrogen) atoms. The normalized spacial score (nSPS) is 12.6. The Kier molecular flexibility index (Phi) is 7.33. The number of hydrogen-bond donors (Lipinski definition) is 2. The highest BCUT2D eigenvalue weighted by molar-refractivity contribution is 5.81. The van der Waals surface area contributed by atoms with Crippen molar-refractivity contribution in [3.8, 4) is 5.75 Å². The number of fused-ring (bicyclic) bond motifs is 1. The maximum atomic E-state index is 13.0. The maximum Gasteiger partial charge on any atom is 0.337 e. The zero-order valence-electron chi connectivity index (χ0n) is 18.4. The predicted molar refractivity (Wildman–Crippen MR) is 128 cm³/mol. The Morgan fingerprint density at radius 2 is 1.58 bits per heavy atom. The lowest BCUT2D eigenvalue weighted by Gasteiger charge is -2.22. The molecule has 0 aromatic heterocycles. The van der Waals surface area contributed by atoms with Crippen LogP contribution in [0, 0.1) is 0 Å². The molecule has 0 aliphatic heterocycles. The molecule has 1 amide bonds. The van der Waals surface area contributed by atoms with E-state index in [4.69, 9.17) is 9.84 Å². The third kappa shape index (κ3) is 5.57. The van der Waals surface area contributed by atoms with Crippen LogP contribution in [0.25, 0.3) is 5.57 Å². The average Bonchev–Trinajstić information content (AvgIpc) is 2.87. The van der Waals surface area contributed by atoms with Gasteiger partial charge in [-0.1, -0.05) is 78.9 Å². The number of allylic oxidation sites excluding steroid dienone is 2. The highest BCUT2D eigenvalue weighted by Crippen LogP contribution is 2.35. The zero-order chi connectivity index (χ0) is 23.0. The molecule has 1 aliphatic rings. The molecule has 0 fully saturated rings. The first-order valence-corrected chi connectivity index (χ1v) is 11.2. The number of carbonyl (C=O) groups is 2. The fourth-order valence-electron chi connectivity index (χ4n) is 4.24. The van der Waals surface area contributed by atoms with Crippen molar-refractivity contribution in [2.45, 2.75) is 31.7 Å². The summed E-state index contributed by atoms with van der Waals surface area (Å²) >= 11 is 0. The molecule has 0 saturated heterocycles. The van der Waals surface area contributed by atoms with Crippen molar-refractivity contribution in [1.29, 1.82) is 0 Å². The van der Waals surface area contributed by atoms with Gasteiger partial charge in [0.2, 0.25) is 5.91 Å². The number of aliphatic hydroxyl groups is 1. The average molecular weight is 442 g/mol. The molecule has 3 aromatic rings. The molecule has 0 heterocycles. The molecule has 168 valence electrons. The van der Waals surface area contributed by atoms with Crippen LogP contribution in [0.1, 0.15) is 47.6 Å². The standard InChI is InChI=1S/C28H27NO4/c30-19-27(32)33-25-16-8-14-23-20(13-7-15-24(23)25)17-18-26(31)29-28(21-9-3-1-4-10-21)22-11-5-2-6-12-22/h1-6,8-14,16,28,30H,7,15,17-19H2,(H,29,31). The number of benzene rings is 3. The minimum atomic E-state index is -0.674. The third-order valence-corrected chi connectivity index (χ3v) is 5.81. The van der Waals surface area contributed by atoms with Gasteiger partial charge in [0, 0.05) is 12.0 Å². The Labute approximate surface area is 193 Å². The van der Waals surface area contributed by atoms with Crippen molar-refractivity contribution in [3.63, 3.8) is 0 Å². The zero-order valence-corrected chi connectivity index (χ0v) is 18.4. The molecule has 0 unspecified atom stereocenters. The van der Waals surface area contributed by atoms with Crippen LogP contribution in [0.5, 0.6) is 5.75 Å². The Bertz CT molecular complexity index is 1100. The van der Waals surface area contributed by atoms with E-state index in [1.807, 2.05) is 72.8 Å². The fourth-order valence-corrected chi connectivity index (χ4v) is 4.24. The number of nitrogens with one attached hydrogen (secondary N) is 1. The summed E-state index contributed by atoms with van der Waals surface area (Å²) in [5.74, 6) is -0.217. The van der Waals surface area contributed by atoms with E-state index in [1.54, 1.807) is 6.07 Å². The predicted octanol–water partition coefficient (Wildman–Crippen LogP) is 4.60. The summed E-state index contributed by atoms with van der Waals surface area (Å²) in [6, 6.07) is 25.3. The van der Waals surface area contributed by atoms with Gasteiger partial charge in [0.1, 0.15) is 12.4 Å². The van der Waals surface area contributed by atoms with Gasteiger partial charge >= 0.3 is 5.97 Å². The highest BCUT2D eigenvalue weighted by Gasteiger charge is 2.20. The summed E-state index contributed by atoms with van der Waals surface area (Å²) in [6.45, 7) is -0.656. The Hall–Kier alpha value is -3.70. The molecule has 5 heteroatoms. The van der Waals surface area contributed by atoms with E-state index in [-0.39, 0.29) is 11.9 Å². The minimum absolute atomic E-state index is 0.0245. The lowest BCUT2D eigenvalue weighted by Crippen LogP contribution is -2.29. The van der Waals surface area contributed by atoms with E-state index >= 15 is 0 Å². The van der Waals surface area contributed by atoms with Gasteiger partial charge in [-0.25, -0.2) is 4.79 Å². The molecule has 1 aliphatic carbocycles. The molecule has 5 nitrogen and oxygen atoms in total. The van der Waals surface area contributed by atoms with E-state index in [0.717, 1.165) is 40.7 Å². The van der Waals surface area contributed by atoms with Gasteiger partial charge in [-0.05, 0) is 47.6 Å². The fraction of sp³-hybridized carbons (Fsp3) is 0.214. The molecule has 3 aromatic carbocycles. The van der Waals surface area contributed by atoms with E-state index in [9.17, 15) is 9.59 Å². The summed E-state index contributed by atoms with van der Waals surface area (Å²) in [7, 11) is 0. The van der Waals surface area contributed by atoms with Crippen LogP contribution in [0.3, 0.4) is 0 Å². The lowest BCUT2D eigenvalue weighted by atomic mass is 9.87. The summed E-state index contributed by atoms with van der Waals surface area (Å²) in [6.07, 6.45) is 4.66. The van der Waals surface area contributed by atoms with Crippen molar-refractivity contribution in [1.82, 2.24) is 5.32 Å². The van der Waals surface area contributed by atoms with Crippen molar-refractivity contribution >= 4 is 17.4 Å². The number of rotatable bonds is 8. The van der Waals surface area contributed by atoms with Gasteiger partial charge in [0.05, 0.1) is 6.04 Å². The second-order valence-electron chi connectivity index (χ2n) is 8.00. The topological polar surface area (TPSA) is 75.6 Å². The van der Waals surface area contributed by atoms with E-state index in [0.29, 0.717) is 18.6 Å². The first kappa shape index (κ1) is 22.5. The molecule has 4 rings (SSSR count). The summed E-state index contributed by atoms with van der Waals surface area (Å²) < 4.78 is 5.29. The Morgan fingerprint density at radius 3 is 2.21 bits per heavy atom. The van der Waals surface area contributed by atoms with Crippen LogP contribution in [0.2, 0.25) is 0 Å². The molecule has 0 saturated carbocycles. The van der Waals surface area contributed by atoms with Gasteiger partial charge in [-0.15, -0.1) is 0 Å². The van der Waals surface area contributed by atoms with Gasteiger partial charge in [0.15, 0.2) is 0 Å². The first-order valence-electron chi connectivity index (χ1n) is 11.2. The number of amides is 1. The monoisotopic (exact) mass is 441 g/mol. The van der Waals surface area contributed by atoms with Crippen LogP contribution in [-0.4, -0.2) is 23.6 Å². The van der Waals surface area contributed by atoms with Crippen molar-refractivity contribution in [3.05, 3.63) is 107 Å². The molecular formula is C28H27NO4. The smallest absolute Gasteiger partial charge is 0.337 e. The first-order chi connectivity index (χ1) is 16.2. The molecule has 2 N–H and O–H groups in total. The van der Waals surface area contributed by atoms with Crippen LogP contribution in [0.15, 0.2) is 84.9 Å². The van der Waals surface area contributed by atoms with E-state index in [2.05, 4.69) is 11.4 Å². The SMILES string of the molecule is O=C(CCC1=CCCc2c(OC(=O)CO)cccc21)NC(c1ccccc1)c1ccccc1. The number of esters is 1. The highest BCUT2D eigenvalue weighted by atomic mass is 16.5. The molecular weight excluding hydrogens is 414 g/mol. The van der Waals surface area contributed by atoms with E-state index in [1.165, 1.54) is 0 Å². The lowest BCUT2D eigenvalue weighted by molar-refractivity contribution is -0.137. The largest absolute Gasteiger partial charge is 0.425 e. The minimum Gasteiger partial charge on any atom is -0.425 e. The molecule has 0 radical (unpaired) electrons. The van der Waals surface area contributed by atoms with Crippen LogP contribution >= 0.6 is 0 Å². The Morgan fingerprint density at radius 1 is 0.909 bits per heavy atom. The number of ether oxygens (including phenoxy) is 1. The Balaban J connectivity index is 1.46. The number of carbonyl (C=O) groups excluding carboxylic acids is 2. The third-order valence-electron chi connectivity index (χ3n) is 5.81. The van der Waals surface area contributed by atoms with Gasteiger partial charge in [-0.3, -0.25) is 4.79 Å². The van der Waals surface area contributed by atoms with Gasteiger partial charge in [0.25, 0.3) is 0 Å². The van der Waals surface area contributed by atoms with Crippen LogP contribution < -0.4 is 10.1 Å². The molecule has 0 spiro atoms. The summed E-state index contributed by atoms with van der Waals surface area (Å²) in [4.78, 5) is 24.5. The van der Waals surface area contributed by atoms with E-state index < -0.39 is 12.6 Å². The van der Waals surface area contributed by atoms with Gasteiger partial charge in [-0.2, -0.15) is 0 Å². The summed E-state index contributed by atoms with van der Waals surface area (Å²) in [5, 5.41) is 12.2. The second kappa shape index (κ2) is 10.7. The number of aliphatic hydroxyl groups excluding tert-OH is 1. The second-order valence-corrected chi connectivity index (χ2v) is 8.00. The summed E-state index contributed by atoms with van der Waals surface area (Å²) in [5.41, 5.74) is 5.09. The molecule has 0 bridgehead atoms. The number of hydrogen-bond acceptors (Lipinski definition) is 4. The van der Waals surface area contributed by atoms with Gasteiger partial charge < -0.3 is 15.2 Å². The van der Waals surface area contributed by atoms with Crippen molar-refractivity contribution < 1.29 is 19.4 Å². The molecule has 0 atom stereocenters. The maximum absolute atomic E-state index is 13.0. The van der Waals surface area contributed by atoms with Crippen LogP contribution in [0.4, 0.5) is 0 Å². The van der Waals surface area contributed by atoms with Crippen molar-refractivity contribution in [2.24, 2.45) is 0 Å². The van der Waals surface area contributed by atoms with Crippen LogP contribution in [-0.2, 0) is 16.0 Å². The quantitative estimate of drug-likeness (QED) is 0.396.